The van der Waals surface area contributed by atoms with E-state index in [9.17, 15) is 18.9 Å². The molecule has 0 unspecified atom stereocenters. The molecule has 0 saturated heterocycles. The van der Waals surface area contributed by atoms with E-state index in [0.29, 0.717) is 12.8 Å². The molecule has 0 heterocycles. The van der Waals surface area contributed by atoms with Crippen molar-refractivity contribution in [1.82, 2.24) is 16.0 Å². The minimum atomic E-state index is -4.48. The highest BCUT2D eigenvalue weighted by molar-refractivity contribution is 7.52. The summed E-state index contributed by atoms with van der Waals surface area (Å²) in [4.78, 5) is 54.5. The lowest BCUT2D eigenvalue weighted by molar-refractivity contribution is -0.129. The van der Waals surface area contributed by atoms with E-state index in [2.05, 4.69) is 16.0 Å². The Hall–Kier alpha value is -2.42. The van der Waals surface area contributed by atoms with Crippen molar-refractivity contribution >= 4 is 25.5 Å². The molecule has 0 radical (unpaired) electrons. The number of rotatable bonds is 10. The summed E-state index contributed by atoms with van der Waals surface area (Å²) < 4.78 is 16.2. The van der Waals surface area contributed by atoms with Crippen LogP contribution < -0.4 is 16.0 Å². The van der Waals surface area contributed by atoms with Crippen LogP contribution in [0.4, 0.5) is 4.79 Å². The third-order valence-corrected chi connectivity index (χ3v) is 5.14. The third kappa shape index (κ3) is 9.08. The number of carbonyl (C=O) groups is 3. The van der Waals surface area contributed by atoms with Crippen molar-refractivity contribution in [1.29, 1.82) is 0 Å². The highest BCUT2D eigenvalue weighted by atomic mass is 31.2. The SMILES string of the molecule is CCC[C@H](NC(=O)OCc1ccccc1)C(=O)N[C@@H](C)C(=O)N[C@@H](C)P(=O)(O)O. The Kier molecular flexibility index (Phi) is 9.80. The quantitative estimate of drug-likeness (QED) is 0.350. The van der Waals surface area contributed by atoms with E-state index < -0.39 is 43.4 Å². The lowest BCUT2D eigenvalue weighted by Crippen LogP contribution is -2.53. The minimum Gasteiger partial charge on any atom is -0.445 e. The van der Waals surface area contributed by atoms with E-state index >= 15 is 0 Å². The number of nitrogens with one attached hydrogen (secondary N) is 3. The Morgan fingerprint density at radius 2 is 1.66 bits per heavy atom. The summed E-state index contributed by atoms with van der Waals surface area (Å²) in [6.07, 6.45) is 0.140. The Morgan fingerprint density at radius 1 is 1.03 bits per heavy atom. The number of hydrogen-bond donors (Lipinski definition) is 5. The van der Waals surface area contributed by atoms with Gasteiger partial charge in [0.2, 0.25) is 11.8 Å². The zero-order valence-corrected chi connectivity index (χ0v) is 17.5. The molecular formula is C18H28N3O7P. The van der Waals surface area contributed by atoms with Crippen LogP contribution >= 0.6 is 7.60 Å². The van der Waals surface area contributed by atoms with Crippen molar-refractivity contribution in [2.24, 2.45) is 0 Å². The van der Waals surface area contributed by atoms with Crippen LogP contribution in [0.3, 0.4) is 0 Å². The Morgan fingerprint density at radius 3 is 2.21 bits per heavy atom. The van der Waals surface area contributed by atoms with Gasteiger partial charge in [-0.3, -0.25) is 14.2 Å². The van der Waals surface area contributed by atoms with Crippen LogP contribution in [0, 0.1) is 0 Å². The Labute approximate surface area is 169 Å². The number of ether oxygens (including phenoxy) is 1. The van der Waals surface area contributed by atoms with E-state index in [1.54, 1.807) is 12.1 Å². The van der Waals surface area contributed by atoms with Crippen molar-refractivity contribution in [3.8, 4) is 0 Å². The summed E-state index contributed by atoms with van der Waals surface area (Å²) >= 11 is 0. The number of benzene rings is 1. The van der Waals surface area contributed by atoms with E-state index in [1.165, 1.54) is 6.92 Å². The molecule has 11 heteroatoms. The zero-order valence-electron chi connectivity index (χ0n) is 16.6. The first-order chi connectivity index (χ1) is 13.5. The zero-order chi connectivity index (χ0) is 22.0. The molecule has 0 fully saturated rings. The van der Waals surface area contributed by atoms with Crippen molar-refractivity contribution < 1.29 is 33.5 Å². The summed E-state index contributed by atoms with van der Waals surface area (Å²) in [5.41, 5.74) is 0.795. The van der Waals surface area contributed by atoms with Gasteiger partial charge in [0.1, 0.15) is 24.5 Å². The van der Waals surface area contributed by atoms with Gasteiger partial charge in [0.05, 0.1) is 0 Å². The molecule has 0 spiro atoms. The van der Waals surface area contributed by atoms with Crippen molar-refractivity contribution in [3.05, 3.63) is 35.9 Å². The monoisotopic (exact) mass is 429 g/mol. The molecule has 3 amide bonds. The van der Waals surface area contributed by atoms with Crippen LogP contribution in [0.2, 0.25) is 0 Å². The molecule has 5 N–H and O–H groups in total. The maximum atomic E-state index is 12.4. The van der Waals surface area contributed by atoms with E-state index in [0.717, 1.165) is 12.5 Å². The molecule has 0 saturated carbocycles. The highest BCUT2D eigenvalue weighted by Gasteiger charge is 2.29. The van der Waals surface area contributed by atoms with Gasteiger partial charge in [0, 0.05) is 0 Å². The summed E-state index contributed by atoms with van der Waals surface area (Å²) in [5.74, 6) is -2.74. The second-order valence-electron chi connectivity index (χ2n) is 6.55. The summed E-state index contributed by atoms with van der Waals surface area (Å²) in [7, 11) is -4.48. The van der Waals surface area contributed by atoms with Crippen LogP contribution in [0.25, 0.3) is 0 Å². The Bertz CT molecular complexity index is 738. The van der Waals surface area contributed by atoms with Gasteiger partial charge in [0.15, 0.2) is 0 Å². The van der Waals surface area contributed by atoms with Crippen LogP contribution in [0.15, 0.2) is 30.3 Å². The molecule has 0 aliphatic rings. The van der Waals surface area contributed by atoms with Gasteiger partial charge >= 0.3 is 13.7 Å². The molecule has 0 aliphatic heterocycles. The summed E-state index contributed by atoms with van der Waals surface area (Å²) in [6.45, 7) is 4.41. The first-order valence-electron chi connectivity index (χ1n) is 9.17. The molecule has 0 aromatic heterocycles. The topological polar surface area (TPSA) is 154 Å². The van der Waals surface area contributed by atoms with Crippen molar-refractivity contribution in [2.45, 2.75) is 58.1 Å². The Balaban J connectivity index is 2.58. The molecular weight excluding hydrogens is 401 g/mol. The van der Waals surface area contributed by atoms with Crippen LogP contribution in [0.5, 0.6) is 0 Å². The molecule has 10 nitrogen and oxygen atoms in total. The van der Waals surface area contributed by atoms with Crippen LogP contribution in [-0.2, 0) is 25.5 Å². The number of hydrogen-bond acceptors (Lipinski definition) is 5. The molecule has 1 aromatic carbocycles. The lowest BCUT2D eigenvalue weighted by Gasteiger charge is -2.22. The lowest BCUT2D eigenvalue weighted by atomic mass is 10.1. The fraction of sp³-hybridized carbons (Fsp3) is 0.500. The predicted octanol–water partition coefficient (Wildman–Crippen LogP) is 1.23. The van der Waals surface area contributed by atoms with Gasteiger partial charge in [-0.05, 0) is 25.8 Å². The van der Waals surface area contributed by atoms with Gasteiger partial charge in [-0.1, -0.05) is 43.7 Å². The molecule has 0 aliphatic carbocycles. The number of carbonyl (C=O) groups excluding carboxylic acids is 3. The molecule has 162 valence electrons. The van der Waals surface area contributed by atoms with Crippen LogP contribution in [0.1, 0.15) is 39.2 Å². The van der Waals surface area contributed by atoms with Gasteiger partial charge in [0.25, 0.3) is 0 Å². The standard InChI is InChI=1S/C18H28N3O7P/c1-4-8-15(21-18(24)28-11-14-9-6-5-7-10-14)17(23)19-12(2)16(22)20-13(3)29(25,26)27/h5-7,9-10,12-13,15H,4,8,11H2,1-3H3,(H,19,23)(H,20,22)(H,21,24)(H2,25,26,27)/t12-,13+,15-/m0/s1. The number of alkyl carbamates (subject to hydrolysis) is 1. The maximum Gasteiger partial charge on any atom is 0.408 e. The normalized spacial score (nSPS) is 14.2. The fourth-order valence-corrected chi connectivity index (χ4v) is 2.55. The third-order valence-electron chi connectivity index (χ3n) is 4.01. The van der Waals surface area contributed by atoms with E-state index in [-0.39, 0.29) is 6.61 Å². The van der Waals surface area contributed by atoms with Crippen molar-refractivity contribution in [2.75, 3.05) is 0 Å². The summed E-state index contributed by atoms with van der Waals surface area (Å²) in [5, 5.41) is 7.04. The average molecular weight is 429 g/mol. The smallest absolute Gasteiger partial charge is 0.408 e. The van der Waals surface area contributed by atoms with E-state index in [1.807, 2.05) is 25.1 Å². The highest BCUT2D eigenvalue weighted by Crippen LogP contribution is 2.39. The van der Waals surface area contributed by atoms with Crippen molar-refractivity contribution in [3.63, 3.8) is 0 Å². The first kappa shape index (κ1) is 24.6. The maximum absolute atomic E-state index is 12.4. The average Bonchev–Trinajstić information content (AvgIpc) is 2.65. The minimum absolute atomic E-state index is 0.0478. The summed E-state index contributed by atoms with van der Waals surface area (Å²) in [6, 6.07) is 7.07. The van der Waals surface area contributed by atoms with E-state index in [4.69, 9.17) is 14.5 Å². The molecule has 0 bridgehead atoms. The van der Waals surface area contributed by atoms with Crippen LogP contribution in [-0.4, -0.2) is 45.6 Å². The molecule has 29 heavy (non-hydrogen) atoms. The second-order valence-corrected chi connectivity index (χ2v) is 8.50. The van der Waals surface area contributed by atoms with Gasteiger partial charge in [-0.15, -0.1) is 0 Å². The first-order valence-corrected chi connectivity index (χ1v) is 10.9. The fourth-order valence-electron chi connectivity index (χ4n) is 2.26. The van der Waals surface area contributed by atoms with Gasteiger partial charge in [-0.2, -0.15) is 0 Å². The largest absolute Gasteiger partial charge is 0.445 e. The number of amides is 3. The second kappa shape index (κ2) is 11.5. The molecule has 3 atom stereocenters. The van der Waals surface area contributed by atoms with Gasteiger partial charge in [-0.25, -0.2) is 4.79 Å². The molecule has 1 aromatic rings. The molecule has 1 rings (SSSR count). The predicted molar refractivity (Wildman–Crippen MR) is 106 cm³/mol. The van der Waals surface area contributed by atoms with Gasteiger partial charge < -0.3 is 30.5 Å².